The first-order valence-corrected chi connectivity index (χ1v) is 6.33. The molecular formula is C13H17N3O4. The summed E-state index contributed by atoms with van der Waals surface area (Å²) >= 11 is 0. The van der Waals surface area contributed by atoms with Gasteiger partial charge in [-0.1, -0.05) is 12.1 Å². The van der Waals surface area contributed by atoms with Crippen molar-refractivity contribution in [3.8, 4) is 0 Å². The Kier molecular flexibility index (Phi) is 4.31. The van der Waals surface area contributed by atoms with Crippen LogP contribution in [-0.4, -0.2) is 36.1 Å². The summed E-state index contributed by atoms with van der Waals surface area (Å²) in [5, 5.41) is 16.4. The van der Waals surface area contributed by atoms with Gasteiger partial charge in [-0.2, -0.15) is 0 Å². The maximum absolute atomic E-state index is 11.6. The molecule has 2 rings (SSSR count). The molecule has 1 heterocycles. The highest BCUT2D eigenvalue weighted by Crippen LogP contribution is 2.15. The van der Waals surface area contributed by atoms with Gasteiger partial charge in [0.15, 0.2) is 0 Å². The lowest BCUT2D eigenvalue weighted by atomic mass is 10.0. The number of carbonyl (C=O) groups excluding carboxylic acids is 1. The smallest absolute Gasteiger partial charge is 0.269 e. The van der Waals surface area contributed by atoms with Gasteiger partial charge >= 0.3 is 0 Å². The Bertz CT molecular complexity index is 514. The van der Waals surface area contributed by atoms with Gasteiger partial charge in [-0.3, -0.25) is 14.9 Å². The van der Waals surface area contributed by atoms with Gasteiger partial charge in [0.05, 0.1) is 10.5 Å². The molecule has 1 aliphatic rings. The fraction of sp³-hybridized carbons (Fsp3) is 0.462. The molecule has 1 aromatic carbocycles. The molecule has 0 spiro atoms. The molecule has 0 saturated carbocycles. The number of non-ortho nitro benzene ring substituents is 1. The van der Waals surface area contributed by atoms with Gasteiger partial charge in [-0.25, -0.2) is 0 Å². The first-order chi connectivity index (χ1) is 9.48. The molecular weight excluding hydrogens is 262 g/mol. The minimum atomic E-state index is -0.459. The quantitative estimate of drug-likeness (QED) is 0.587. The van der Waals surface area contributed by atoms with Crippen LogP contribution in [0.25, 0.3) is 0 Å². The summed E-state index contributed by atoms with van der Waals surface area (Å²) in [4.78, 5) is 21.8. The highest BCUT2D eigenvalue weighted by atomic mass is 16.6. The fourth-order valence-corrected chi connectivity index (χ4v) is 1.85. The van der Waals surface area contributed by atoms with Crippen molar-refractivity contribution in [1.82, 2.24) is 10.6 Å². The van der Waals surface area contributed by atoms with Crippen LogP contribution in [-0.2, 0) is 16.1 Å². The van der Waals surface area contributed by atoms with Crippen molar-refractivity contribution in [1.29, 1.82) is 0 Å². The van der Waals surface area contributed by atoms with Crippen molar-refractivity contribution in [3.63, 3.8) is 0 Å². The van der Waals surface area contributed by atoms with Gasteiger partial charge in [0.2, 0.25) is 5.91 Å². The lowest BCUT2D eigenvalue weighted by Gasteiger charge is -2.38. The van der Waals surface area contributed by atoms with Crippen LogP contribution in [0.4, 0.5) is 5.69 Å². The third-order valence-corrected chi connectivity index (χ3v) is 3.16. The second kappa shape index (κ2) is 5.98. The second-order valence-electron chi connectivity index (χ2n) is 5.05. The Morgan fingerprint density at radius 2 is 2.30 bits per heavy atom. The molecule has 20 heavy (non-hydrogen) atoms. The van der Waals surface area contributed by atoms with Crippen LogP contribution in [0, 0.1) is 10.1 Å². The number of hydrogen-bond donors (Lipinski definition) is 2. The average Bonchev–Trinajstić information content (AvgIpc) is 2.41. The summed E-state index contributed by atoms with van der Waals surface area (Å²) in [6.07, 6.45) is 0. The number of nitrogens with zero attached hydrogens (tertiary/aromatic N) is 1. The van der Waals surface area contributed by atoms with Crippen LogP contribution >= 0.6 is 0 Å². The molecule has 0 unspecified atom stereocenters. The van der Waals surface area contributed by atoms with Gasteiger partial charge < -0.3 is 15.4 Å². The summed E-state index contributed by atoms with van der Waals surface area (Å²) in [5.74, 6) is -0.232. The summed E-state index contributed by atoms with van der Waals surface area (Å²) in [7, 11) is 0. The molecule has 7 nitrogen and oxygen atoms in total. The van der Waals surface area contributed by atoms with E-state index < -0.39 is 4.92 Å². The van der Waals surface area contributed by atoms with E-state index in [0.29, 0.717) is 5.56 Å². The zero-order valence-electron chi connectivity index (χ0n) is 11.2. The van der Waals surface area contributed by atoms with Crippen LogP contribution in [0.15, 0.2) is 24.3 Å². The molecule has 1 amide bonds. The SMILES string of the molecule is CC1(OCC(=O)NCc2cccc([N+](=O)[O-])c2)CNC1. The number of benzene rings is 1. The largest absolute Gasteiger partial charge is 0.363 e. The molecule has 2 N–H and O–H groups in total. The van der Waals surface area contributed by atoms with E-state index >= 15 is 0 Å². The van der Waals surface area contributed by atoms with E-state index in [1.165, 1.54) is 12.1 Å². The summed E-state index contributed by atoms with van der Waals surface area (Å²) in [6.45, 7) is 3.67. The van der Waals surface area contributed by atoms with Crippen molar-refractivity contribution >= 4 is 11.6 Å². The van der Waals surface area contributed by atoms with Crippen LogP contribution in [0.2, 0.25) is 0 Å². The molecule has 7 heteroatoms. The van der Waals surface area contributed by atoms with E-state index in [9.17, 15) is 14.9 Å². The average molecular weight is 279 g/mol. The number of rotatable bonds is 6. The molecule has 0 aliphatic carbocycles. The van der Waals surface area contributed by atoms with E-state index in [4.69, 9.17) is 4.74 Å². The third kappa shape index (κ3) is 3.75. The molecule has 0 aromatic heterocycles. The minimum absolute atomic E-state index is 0.00684. The summed E-state index contributed by atoms with van der Waals surface area (Å²) in [6, 6.07) is 6.18. The van der Waals surface area contributed by atoms with Gasteiger partial charge in [0, 0.05) is 31.8 Å². The van der Waals surface area contributed by atoms with E-state index in [-0.39, 0.29) is 30.3 Å². The first-order valence-electron chi connectivity index (χ1n) is 6.33. The highest BCUT2D eigenvalue weighted by Gasteiger charge is 2.32. The molecule has 0 bridgehead atoms. The van der Waals surface area contributed by atoms with Gasteiger partial charge in [-0.05, 0) is 12.5 Å². The number of amides is 1. The Hall–Kier alpha value is -1.99. The van der Waals surface area contributed by atoms with Gasteiger partial charge in [0.1, 0.15) is 6.61 Å². The highest BCUT2D eigenvalue weighted by molar-refractivity contribution is 5.77. The van der Waals surface area contributed by atoms with Crippen LogP contribution in [0.3, 0.4) is 0 Å². The van der Waals surface area contributed by atoms with E-state index in [1.807, 2.05) is 6.92 Å². The second-order valence-corrected chi connectivity index (χ2v) is 5.05. The zero-order chi connectivity index (χ0) is 14.6. The number of nitrogens with one attached hydrogen (secondary N) is 2. The van der Waals surface area contributed by atoms with Gasteiger partial charge in [-0.15, -0.1) is 0 Å². The fourth-order valence-electron chi connectivity index (χ4n) is 1.85. The van der Waals surface area contributed by atoms with Crippen molar-refractivity contribution < 1.29 is 14.5 Å². The monoisotopic (exact) mass is 279 g/mol. The summed E-state index contributed by atoms with van der Waals surface area (Å²) in [5.41, 5.74) is 0.438. The van der Waals surface area contributed by atoms with Crippen LogP contribution in [0.5, 0.6) is 0 Å². The number of hydrogen-bond acceptors (Lipinski definition) is 5. The number of nitro groups is 1. The van der Waals surface area contributed by atoms with Crippen LogP contribution in [0.1, 0.15) is 12.5 Å². The first kappa shape index (κ1) is 14.4. The Morgan fingerprint density at radius 3 is 2.90 bits per heavy atom. The standard InChI is InChI=1S/C13H17N3O4/c1-13(8-14-9-13)20-7-12(17)15-6-10-3-2-4-11(5-10)16(18)19/h2-5,14H,6-9H2,1H3,(H,15,17). The normalized spacial score (nSPS) is 16.2. The van der Waals surface area contributed by atoms with E-state index in [2.05, 4.69) is 10.6 Å². The minimum Gasteiger partial charge on any atom is -0.363 e. The molecule has 1 aliphatic heterocycles. The molecule has 108 valence electrons. The maximum atomic E-state index is 11.6. The Morgan fingerprint density at radius 1 is 1.55 bits per heavy atom. The number of nitro benzene ring substituents is 1. The predicted octanol–water partition coefficient (Wildman–Crippen LogP) is 0.589. The van der Waals surface area contributed by atoms with Crippen molar-refractivity contribution in [3.05, 3.63) is 39.9 Å². The molecule has 0 atom stereocenters. The topological polar surface area (TPSA) is 93.5 Å². The number of carbonyl (C=O) groups is 1. The van der Waals surface area contributed by atoms with Crippen molar-refractivity contribution in [2.75, 3.05) is 19.7 Å². The Balaban J connectivity index is 1.78. The van der Waals surface area contributed by atoms with Crippen molar-refractivity contribution in [2.45, 2.75) is 19.1 Å². The van der Waals surface area contributed by atoms with E-state index in [1.54, 1.807) is 12.1 Å². The predicted molar refractivity (Wildman–Crippen MR) is 72.2 cm³/mol. The lowest BCUT2D eigenvalue weighted by molar-refractivity contribution is -0.384. The van der Waals surface area contributed by atoms with E-state index in [0.717, 1.165) is 13.1 Å². The van der Waals surface area contributed by atoms with Crippen molar-refractivity contribution in [2.24, 2.45) is 0 Å². The summed E-state index contributed by atoms with van der Waals surface area (Å²) < 4.78 is 5.49. The molecule has 0 radical (unpaired) electrons. The molecule has 1 saturated heterocycles. The Labute approximate surface area is 116 Å². The molecule has 1 aromatic rings. The molecule has 1 fully saturated rings. The zero-order valence-corrected chi connectivity index (χ0v) is 11.2. The van der Waals surface area contributed by atoms with Gasteiger partial charge in [0.25, 0.3) is 5.69 Å². The third-order valence-electron chi connectivity index (χ3n) is 3.16. The maximum Gasteiger partial charge on any atom is 0.269 e. The number of ether oxygens (including phenoxy) is 1. The lowest BCUT2D eigenvalue weighted by Crippen LogP contribution is -2.59. The van der Waals surface area contributed by atoms with Crippen LogP contribution < -0.4 is 10.6 Å².